The van der Waals surface area contributed by atoms with E-state index in [0.717, 1.165) is 0 Å². The van der Waals surface area contributed by atoms with E-state index in [9.17, 15) is 22.8 Å². The summed E-state index contributed by atoms with van der Waals surface area (Å²) in [6.45, 7) is 1.67. The average molecular weight is 291 g/mol. The third kappa shape index (κ3) is 3.19. The van der Waals surface area contributed by atoms with E-state index in [2.05, 4.69) is 0 Å². The Morgan fingerprint density at radius 1 is 1.30 bits per heavy atom. The van der Waals surface area contributed by atoms with E-state index in [1.807, 2.05) is 5.32 Å². The van der Waals surface area contributed by atoms with Gasteiger partial charge in [0.05, 0.1) is 5.56 Å². The summed E-state index contributed by atoms with van der Waals surface area (Å²) in [5.74, 6) is -9.30. The molecule has 0 spiro atoms. The standard InChI is InChI=1S/C12H12F3NO4/c1-2-3-7(12(19)20)16-11(18)5-4-6(13)9(15)10(17)8(5)14/h4,7,17H,2-3H2,1H3,(H,16,18)(H,19,20). The normalized spacial score (nSPS) is 12.0. The number of rotatable bonds is 5. The van der Waals surface area contributed by atoms with Crippen LogP contribution in [0.1, 0.15) is 30.1 Å². The molecule has 0 aliphatic heterocycles. The average Bonchev–Trinajstić information content (AvgIpc) is 2.39. The van der Waals surface area contributed by atoms with Gasteiger partial charge in [0.25, 0.3) is 5.91 Å². The van der Waals surface area contributed by atoms with Crippen molar-refractivity contribution in [1.82, 2.24) is 5.32 Å². The van der Waals surface area contributed by atoms with Gasteiger partial charge in [-0.25, -0.2) is 13.6 Å². The van der Waals surface area contributed by atoms with Crippen molar-refractivity contribution in [3.05, 3.63) is 29.1 Å². The lowest BCUT2D eigenvalue weighted by atomic mass is 10.1. The molecule has 1 unspecified atom stereocenters. The van der Waals surface area contributed by atoms with Crippen molar-refractivity contribution in [2.24, 2.45) is 0 Å². The fraction of sp³-hybridized carbons (Fsp3) is 0.333. The number of aliphatic carboxylic acids is 1. The fourth-order valence-corrected chi connectivity index (χ4v) is 1.54. The third-order valence-electron chi connectivity index (χ3n) is 2.56. The Bertz CT molecular complexity index is 548. The zero-order valence-electron chi connectivity index (χ0n) is 10.4. The van der Waals surface area contributed by atoms with Gasteiger partial charge >= 0.3 is 5.97 Å². The summed E-state index contributed by atoms with van der Waals surface area (Å²) >= 11 is 0. The number of hydrogen-bond acceptors (Lipinski definition) is 3. The number of carbonyl (C=O) groups excluding carboxylic acids is 1. The van der Waals surface area contributed by atoms with Crippen LogP contribution in [0.4, 0.5) is 13.2 Å². The van der Waals surface area contributed by atoms with Gasteiger partial charge in [0, 0.05) is 0 Å². The van der Waals surface area contributed by atoms with E-state index in [4.69, 9.17) is 10.2 Å². The molecule has 1 atom stereocenters. The third-order valence-corrected chi connectivity index (χ3v) is 2.56. The quantitative estimate of drug-likeness (QED) is 0.722. The van der Waals surface area contributed by atoms with Crippen LogP contribution in [-0.4, -0.2) is 28.1 Å². The second-order valence-electron chi connectivity index (χ2n) is 4.04. The molecule has 5 nitrogen and oxygen atoms in total. The van der Waals surface area contributed by atoms with Gasteiger partial charge in [-0.2, -0.15) is 4.39 Å². The molecular formula is C12H12F3NO4. The number of carboxylic acid groups (broad SMARTS) is 1. The van der Waals surface area contributed by atoms with Crippen molar-refractivity contribution in [3.8, 4) is 5.75 Å². The Labute approximate surface area is 112 Å². The number of carbonyl (C=O) groups is 2. The molecule has 0 aliphatic rings. The smallest absolute Gasteiger partial charge is 0.326 e. The van der Waals surface area contributed by atoms with Gasteiger partial charge in [0.2, 0.25) is 5.82 Å². The topological polar surface area (TPSA) is 86.6 Å². The number of phenols is 1. The van der Waals surface area contributed by atoms with Gasteiger partial charge < -0.3 is 15.5 Å². The number of phenolic OH excluding ortho intramolecular Hbond substituents is 1. The van der Waals surface area contributed by atoms with E-state index >= 15 is 0 Å². The Morgan fingerprint density at radius 2 is 1.90 bits per heavy atom. The van der Waals surface area contributed by atoms with Crippen LogP contribution in [0, 0.1) is 17.5 Å². The lowest BCUT2D eigenvalue weighted by Gasteiger charge is -2.14. The first-order valence-electron chi connectivity index (χ1n) is 5.69. The van der Waals surface area contributed by atoms with Crippen LogP contribution < -0.4 is 5.32 Å². The Morgan fingerprint density at radius 3 is 2.40 bits per heavy atom. The van der Waals surface area contributed by atoms with Crippen molar-refractivity contribution in [2.45, 2.75) is 25.8 Å². The monoisotopic (exact) mass is 291 g/mol. The summed E-state index contributed by atoms with van der Waals surface area (Å²) < 4.78 is 39.3. The minimum Gasteiger partial charge on any atom is -0.503 e. The maximum Gasteiger partial charge on any atom is 0.326 e. The SMILES string of the molecule is CCCC(NC(=O)c1cc(F)c(F)c(O)c1F)C(=O)O. The van der Waals surface area contributed by atoms with Crippen molar-refractivity contribution >= 4 is 11.9 Å². The highest BCUT2D eigenvalue weighted by Gasteiger charge is 2.25. The molecule has 1 rings (SSSR count). The molecule has 0 radical (unpaired) electrons. The first kappa shape index (κ1) is 15.8. The summed E-state index contributed by atoms with van der Waals surface area (Å²) in [6, 6.07) is -1.04. The van der Waals surface area contributed by atoms with Crippen LogP contribution >= 0.6 is 0 Å². The van der Waals surface area contributed by atoms with Gasteiger partial charge in [-0.15, -0.1) is 0 Å². The molecule has 0 aliphatic carbocycles. The minimum atomic E-state index is -1.82. The molecule has 1 aromatic carbocycles. The van der Waals surface area contributed by atoms with E-state index in [1.165, 1.54) is 0 Å². The zero-order chi connectivity index (χ0) is 15.4. The van der Waals surface area contributed by atoms with Crippen molar-refractivity contribution in [2.75, 3.05) is 0 Å². The number of nitrogens with one attached hydrogen (secondary N) is 1. The molecule has 1 amide bonds. The van der Waals surface area contributed by atoms with Crippen LogP contribution in [0.2, 0.25) is 0 Å². The van der Waals surface area contributed by atoms with Crippen LogP contribution in [0.3, 0.4) is 0 Å². The maximum absolute atomic E-state index is 13.5. The largest absolute Gasteiger partial charge is 0.503 e. The zero-order valence-corrected chi connectivity index (χ0v) is 10.4. The lowest BCUT2D eigenvalue weighted by molar-refractivity contribution is -0.139. The highest BCUT2D eigenvalue weighted by Crippen LogP contribution is 2.25. The summed E-state index contributed by atoms with van der Waals surface area (Å²) in [5.41, 5.74) is -0.969. The summed E-state index contributed by atoms with van der Waals surface area (Å²) in [4.78, 5) is 22.5. The van der Waals surface area contributed by atoms with E-state index in [0.29, 0.717) is 6.42 Å². The number of amides is 1. The lowest BCUT2D eigenvalue weighted by Crippen LogP contribution is -2.41. The molecule has 8 heteroatoms. The number of aromatic hydroxyl groups is 1. The molecule has 1 aromatic rings. The van der Waals surface area contributed by atoms with Crippen LogP contribution in [0.25, 0.3) is 0 Å². The second-order valence-corrected chi connectivity index (χ2v) is 4.04. The van der Waals surface area contributed by atoms with Crippen molar-refractivity contribution < 1.29 is 33.0 Å². The number of benzene rings is 1. The van der Waals surface area contributed by atoms with Crippen molar-refractivity contribution in [1.29, 1.82) is 0 Å². The maximum atomic E-state index is 13.5. The molecule has 0 bridgehead atoms. The van der Waals surface area contributed by atoms with Gasteiger partial charge in [0.15, 0.2) is 17.4 Å². The highest BCUT2D eigenvalue weighted by atomic mass is 19.2. The van der Waals surface area contributed by atoms with Crippen LogP contribution in [-0.2, 0) is 4.79 Å². The number of halogens is 3. The van der Waals surface area contributed by atoms with Gasteiger partial charge in [-0.05, 0) is 12.5 Å². The predicted octanol–water partition coefficient (Wildman–Crippen LogP) is 1.79. The second kappa shape index (κ2) is 6.27. The molecule has 110 valence electrons. The fourth-order valence-electron chi connectivity index (χ4n) is 1.54. The molecule has 3 N–H and O–H groups in total. The van der Waals surface area contributed by atoms with Crippen molar-refractivity contribution in [3.63, 3.8) is 0 Å². The van der Waals surface area contributed by atoms with E-state index in [1.54, 1.807) is 6.92 Å². The molecule has 20 heavy (non-hydrogen) atoms. The van der Waals surface area contributed by atoms with Gasteiger partial charge in [0.1, 0.15) is 6.04 Å². The summed E-state index contributed by atoms with van der Waals surface area (Å²) in [5, 5.41) is 19.8. The number of carboxylic acids is 1. The van der Waals surface area contributed by atoms with Crippen LogP contribution in [0.5, 0.6) is 5.75 Å². The van der Waals surface area contributed by atoms with Gasteiger partial charge in [-0.3, -0.25) is 4.79 Å². The summed E-state index contributed by atoms with van der Waals surface area (Å²) in [6.07, 6.45) is 0.515. The number of hydrogen-bond donors (Lipinski definition) is 3. The highest BCUT2D eigenvalue weighted by molar-refractivity contribution is 5.97. The Kier molecular flexibility index (Phi) is 4.95. The van der Waals surface area contributed by atoms with E-state index < -0.39 is 46.7 Å². The molecular weight excluding hydrogens is 279 g/mol. The Hall–Kier alpha value is -2.25. The molecule has 0 aromatic heterocycles. The first-order valence-corrected chi connectivity index (χ1v) is 5.69. The molecule has 0 saturated heterocycles. The van der Waals surface area contributed by atoms with Crippen LogP contribution in [0.15, 0.2) is 6.07 Å². The first-order chi connectivity index (χ1) is 9.29. The molecule has 0 saturated carbocycles. The Balaban J connectivity index is 3.07. The van der Waals surface area contributed by atoms with E-state index in [-0.39, 0.29) is 12.5 Å². The predicted molar refractivity (Wildman–Crippen MR) is 61.8 cm³/mol. The molecule has 0 fully saturated rings. The molecule has 0 heterocycles. The van der Waals surface area contributed by atoms with Gasteiger partial charge in [-0.1, -0.05) is 13.3 Å². The minimum absolute atomic E-state index is 0.0817. The summed E-state index contributed by atoms with van der Waals surface area (Å²) in [7, 11) is 0.